The fourth-order valence-corrected chi connectivity index (χ4v) is 6.18. The Kier molecular flexibility index (Phi) is 12.1. The summed E-state index contributed by atoms with van der Waals surface area (Å²) in [5, 5.41) is 10.4. The predicted octanol–water partition coefficient (Wildman–Crippen LogP) is 7.66. The highest BCUT2D eigenvalue weighted by atomic mass is 35.5. The van der Waals surface area contributed by atoms with E-state index < -0.39 is 18.0 Å². The summed E-state index contributed by atoms with van der Waals surface area (Å²) < 4.78 is 52.6. The molecule has 0 saturated carbocycles. The molecule has 5 nitrogen and oxygen atoms in total. The summed E-state index contributed by atoms with van der Waals surface area (Å²) in [6, 6.07) is 32.1. The number of rotatable bonds is 14. The number of hydrogen-bond donors (Lipinski definition) is 1. The normalized spacial score (nSPS) is 14.9. The third-order valence-corrected chi connectivity index (χ3v) is 8.74. The maximum atomic E-state index is 13.7. The summed E-state index contributed by atoms with van der Waals surface area (Å²) in [6.45, 7) is 4.48. The van der Waals surface area contributed by atoms with Crippen molar-refractivity contribution in [3.05, 3.63) is 136 Å². The number of alkyl halides is 3. The summed E-state index contributed by atoms with van der Waals surface area (Å²) in [5.74, 6) is 0.716. The second kappa shape index (κ2) is 16.4. The van der Waals surface area contributed by atoms with Gasteiger partial charge in [0.25, 0.3) is 0 Å². The molecule has 4 aromatic carbocycles. The molecule has 0 amide bonds. The van der Waals surface area contributed by atoms with Gasteiger partial charge < -0.3 is 14.6 Å². The van der Waals surface area contributed by atoms with Crippen molar-refractivity contribution in [3.8, 4) is 5.75 Å². The number of hydrogen-bond acceptors (Lipinski definition) is 5. The van der Waals surface area contributed by atoms with Gasteiger partial charge in [0.05, 0.1) is 30.4 Å². The minimum Gasteiger partial charge on any atom is -0.494 e. The molecule has 0 aliphatic carbocycles. The Hall–Kier alpha value is -3.40. The third-order valence-electron chi connectivity index (χ3n) is 8.29. The monoisotopic (exact) mass is 652 g/mol. The lowest BCUT2D eigenvalue weighted by Crippen LogP contribution is -2.44. The van der Waals surface area contributed by atoms with Crippen LogP contribution < -0.4 is 4.74 Å². The number of morpholine rings is 1. The van der Waals surface area contributed by atoms with Crippen LogP contribution in [0.1, 0.15) is 40.2 Å². The zero-order valence-electron chi connectivity index (χ0n) is 25.7. The fraction of sp³-hybridized carbons (Fsp3) is 0.351. The highest BCUT2D eigenvalue weighted by Crippen LogP contribution is 2.37. The summed E-state index contributed by atoms with van der Waals surface area (Å²) in [7, 11) is 0. The molecule has 0 radical (unpaired) electrons. The highest BCUT2D eigenvalue weighted by Gasteiger charge is 2.34. The molecule has 9 heteroatoms. The van der Waals surface area contributed by atoms with E-state index in [1.54, 1.807) is 6.07 Å². The van der Waals surface area contributed by atoms with Crippen LogP contribution in [0.2, 0.25) is 5.02 Å². The second-order valence-electron chi connectivity index (χ2n) is 11.6. The Bertz CT molecular complexity index is 1460. The van der Waals surface area contributed by atoms with Crippen LogP contribution in [0.3, 0.4) is 0 Å². The molecule has 1 aliphatic rings. The largest absolute Gasteiger partial charge is 0.494 e. The standard InChI is InChI=1S/C37H40ClF3N2O3/c38-36-31(15-8-17-34(36)37(39,40)41)26-42(27-33(29-11-3-1-4-12-29)30-13-5-2-6-14-30)18-9-21-46-32-16-7-10-28(24-32)25-35(44)43-19-22-45-23-20-43/h1-8,10-17,24,33,35,44H,9,18-23,25-27H2. The van der Waals surface area contributed by atoms with Gasteiger partial charge in [-0.15, -0.1) is 0 Å². The van der Waals surface area contributed by atoms with Crippen LogP contribution >= 0.6 is 11.6 Å². The molecular weight excluding hydrogens is 613 g/mol. The Labute approximate surface area is 274 Å². The van der Waals surface area contributed by atoms with E-state index in [1.807, 2.05) is 65.6 Å². The molecule has 4 aromatic rings. The first kappa shape index (κ1) is 33.9. The second-order valence-corrected chi connectivity index (χ2v) is 11.9. The average Bonchev–Trinajstić information content (AvgIpc) is 3.07. The first-order chi connectivity index (χ1) is 22.3. The number of halogens is 4. The van der Waals surface area contributed by atoms with Crippen LogP contribution in [0.15, 0.2) is 103 Å². The lowest BCUT2D eigenvalue weighted by Gasteiger charge is -2.31. The number of aliphatic hydroxyl groups is 1. The molecule has 46 heavy (non-hydrogen) atoms. The molecule has 1 fully saturated rings. The maximum Gasteiger partial charge on any atom is 0.417 e. The zero-order chi connectivity index (χ0) is 32.4. The molecule has 5 rings (SSSR count). The molecule has 1 aliphatic heterocycles. The Morgan fingerprint density at radius 3 is 2.17 bits per heavy atom. The topological polar surface area (TPSA) is 45.2 Å². The molecule has 1 unspecified atom stereocenters. The molecule has 1 N–H and O–H groups in total. The molecule has 0 aromatic heterocycles. The molecule has 0 bridgehead atoms. The van der Waals surface area contributed by atoms with Crippen molar-refractivity contribution in [1.29, 1.82) is 0 Å². The van der Waals surface area contributed by atoms with E-state index in [-0.39, 0.29) is 17.5 Å². The van der Waals surface area contributed by atoms with Crippen molar-refractivity contribution >= 4 is 11.6 Å². The molecule has 244 valence electrons. The van der Waals surface area contributed by atoms with E-state index >= 15 is 0 Å². The lowest BCUT2D eigenvalue weighted by atomic mass is 9.90. The van der Waals surface area contributed by atoms with Crippen molar-refractivity contribution in [2.75, 3.05) is 46.0 Å². The van der Waals surface area contributed by atoms with Gasteiger partial charge in [-0.1, -0.05) is 96.5 Å². The predicted molar refractivity (Wildman–Crippen MR) is 175 cm³/mol. The van der Waals surface area contributed by atoms with Gasteiger partial charge in [0.2, 0.25) is 0 Å². The molecule has 1 atom stereocenters. The number of ether oxygens (including phenoxy) is 2. The van der Waals surface area contributed by atoms with Crippen molar-refractivity contribution in [1.82, 2.24) is 9.80 Å². The van der Waals surface area contributed by atoms with Gasteiger partial charge in [-0.05, 0) is 46.9 Å². The molecular formula is C37H40ClF3N2O3. The van der Waals surface area contributed by atoms with Crippen LogP contribution in [-0.2, 0) is 23.9 Å². The van der Waals surface area contributed by atoms with E-state index in [9.17, 15) is 18.3 Å². The fourth-order valence-electron chi connectivity index (χ4n) is 5.88. The Morgan fingerprint density at radius 1 is 0.870 bits per heavy atom. The maximum absolute atomic E-state index is 13.7. The first-order valence-corrected chi connectivity index (χ1v) is 16.0. The third kappa shape index (κ3) is 9.56. The smallest absolute Gasteiger partial charge is 0.417 e. The minimum absolute atomic E-state index is 0.00229. The van der Waals surface area contributed by atoms with Gasteiger partial charge >= 0.3 is 6.18 Å². The van der Waals surface area contributed by atoms with Crippen LogP contribution in [0.4, 0.5) is 13.2 Å². The molecule has 1 heterocycles. The van der Waals surface area contributed by atoms with E-state index in [2.05, 4.69) is 29.2 Å². The summed E-state index contributed by atoms with van der Waals surface area (Å²) >= 11 is 6.35. The van der Waals surface area contributed by atoms with Gasteiger partial charge in [-0.2, -0.15) is 13.2 Å². The van der Waals surface area contributed by atoms with Crippen LogP contribution in [0, 0.1) is 0 Å². The quantitative estimate of drug-likeness (QED) is 0.142. The molecule has 1 saturated heterocycles. The van der Waals surface area contributed by atoms with Crippen LogP contribution in [0.5, 0.6) is 5.75 Å². The lowest BCUT2D eigenvalue weighted by molar-refractivity contribution is -0.137. The van der Waals surface area contributed by atoms with Crippen molar-refractivity contribution in [2.45, 2.75) is 37.7 Å². The van der Waals surface area contributed by atoms with E-state index in [4.69, 9.17) is 21.1 Å². The van der Waals surface area contributed by atoms with Gasteiger partial charge in [0.1, 0.15) is 12.0 Å². The van der Waals surface area contributed by atoms with Crippen LogP contribution in [0.25, 0.3) is 0 Å². The van der Waals surface area contributed by atoms with Gasteiger partial charge in [0.15, 0.2) is 0 Å². The first-order valence-electron chi connectivity index (χ1n) is 15.7. The Morgan fingerprint density at radius 2 is 1.52 bits per heavy atom. The summed E-state index contributed by atoms with van der Waals surface area (Å²) in [6.07, 6.45) is -3.98. The van der Waals surface area contributed by atoms with Gasteiger partial charge in [-0.3, -0.25) is 9.80 Å². The Balaban J connectivity index is 1.28. The highest BCUT2D eigenvalue weighted by molar-refractivity contribution is 6.32. The number of nitrogens with zero attached hydrogens (tertiary/aromatic N) is 2. The molecule has 0 spiro atoms. The van der Waals surface area contributed by atoms with Crippen molar-refractivity contribution in [2.24, 2.45) is 0 Å². The van der Waals surface area contributed by atoms with Crippen molar-refractivity contribution in [3.63, 3.8) is 0 Å². The number of aliphatic hydroxyl groups excluding tert-OH is 1. The SMILES string of the molecule is OC(Cc1cccc(OCCCN(Cc2cccc(C(F)(F)F)c2Cl)CC(c2ccccc2)c2ccccc2)c1)N1CCOCC1. The summed E-state index contributed by atoms with van der Waals surface area (Å²) in [5.41, 5.74) is 2.84. The zero-order valence-corrected chi connectivity index (χ0v) is 26.5. The van der Waals surface area contributed by atoms with E-state index in [0.29, 0.717) is 70.2 Å². The van der Waals surface area contributed by atoms with Gasteiger partial charge in [0, 0.05) is 45.1 Å². The average molecular weight is 653 g/mol. The minimum atomic E-state index is -4.53. The van der Waals surface area contributed by atoms with Gasteiger partial charge in [-0.25, -0.2) is 0 Å². The van der Waals surface area contributed by atoms with E-state index in [1.165, 1.54) is 6.07 Å². The summed E-state index contributed by atoms with van der Waals surface area (Å²) in [4.78, 5) is 4.17. The number of benzene rings is 4. The van der Waals surface area contributed by atoms with E-state index in [0.717, 1.165) is 22.8 Å². The van der Waals surface area contributed by atoms with Crippen molar-refractivity contribution < 1.29 is 27.8 Å². The van der Waals surface area contributed by atoms with Crippen LogP contribution in [-0.4, -0.2) is 67.1 Å².